The molecule has 0 bridgehead atoms. The Kier molecular flexibility index (Phi) is 5.70. The Labute approximate surface area is 150 Å². The highest BCUT2D eigenvalue weighted by molar-refractivity contribution is 7.99. The molecule has 2 aromatic heterocycles. The molecule has 2 heterocycles. The number of unbranched alkanes of at least 4 members (excludes halogenated alkanes) is 1. The minimum absolute atomic E-state index is 0.0273. The predicted octanol–water partition coefficient (Wildman–Crippen LogP) is 3.85. The van der Waals surface area contributed by atoms with Crippen molar-refractivity contribution in [3.63, 3.8) is 0 Å². The summed E-state index contributed by atoms with van der Waals surface area (Å²) in [5.41, 5.74) is 0.888. The average molecular weight is 359 g/mol. The molecule has 0 saturated heterocycles. The molecule has 1 aromatic carbocycles. The zero-order chi connectivity index (χ0) is 17.6. The molecule has 0 aliphatic carbocycles. The van der Waals surface area contributed by atoms with Gasteiger partial charge in [0.25, 0.3) is 0 Å². The van der Waals surface area contributed by atoms with Gasteiger partial charge in [0.2, 0.25) is 5.89 Å². The van der Waals surface area contributed by atoms with Gasteiger partial charge in [-0.1, -0.05) is 42.4 Å². The van der Waals surface area contributed by atoms with Gasteiger partial charge in [0.05, 0.1) is 18.0 Å². The van der Waals surface area contributed by atoms with Gasteiger partial charge in [-0.25, -0.2) is 0 Å². The molecule has 8 heteroatoms. The largest absolute Gasteiger partial charge is 0.495 e. The van der Waals surface area contributed by atoms with Crippen LogP contribution in [0.2, 0.25) is 0 Å². The topological polar surface area (TPSA) is 78.9 Å². The number of para-hydroxylation sites is 2. The van der Waals surface area contributed by atoms with E-state index in [9.17, 15) is 0 Å². The van der Waals surface area contributed by atoms with Gasteiger partial charge in [-0.15, -0.1) is 10.2 Å². The Morgan fingerprint density at radius 3 is 2.96 bits per heavy atom. The minimum Gasteiger partial charge on any atom is -0.495 e. The van der Waals surface area contributed by atoms with Crippen LogP contribution in [0, 0.1) is 0 Å². The Morgan fingerprint density at radius 2 is 2.16 bits per heavy atom. The highest BCUT2D eigenvalue weighted by Crippen LogP contribution is 2.35. The van der Waals surface area contributed by atoms with Crippen molar-refractivity contribution >= 4 is 11.8 Å². The van der Waals surface area contributed by atoms with Gasteiger partial charge in [0, 0.05) is 6.42 Å². The van der Waals surface area contributed by atoms with Crippen LogP contribution in [0.25, 0.3) is 5.69 Å². The Balaban J connectivity index is 1.78. The number of hydrogen-bond donors (Lipinski definition) is 0. The molecule has 3 rings (SSSR count). The number of benzene rings is 1. The van der Waals surface area contributed by atoms with Gasteiger partial charge in [-0.2, -0.15) is 4.98 Å². The minimum atomic E-state index is -0.0273. The van der Waals surface area contributed by atoms with Crippen LogP contribution in [-0.4, -0.2) is 32.0 Å². The molecule has 25 heavy (non-hydrogen) atoms. The first-order valence-electron chi connectivity index (χ1n) is 8.25. The fourth-order valence-corrected chi connectivity index (χ4v) is 3.24. The highest BCUT2D eigenvalue weighted by Gasteiger charge is 2.20. The molecule has 7 nitrogen and oxygen atoms in total. The normalized spacial score (nSPS) is 12.3. The van der Waals surface area contributed by atoms with Crippen molar-refractivity contribution in [3.8, 4) is 11.4 Å². The van der Waals surface area contributed by atoms with E-state index in [0.717, 1.165) is 41.7 Å². The van der Waals surface area contributed by atoms with E-state index >= 15 is 0 Å². The van der Waals surface area contributed by atoms with E-state index in [1.54, 1.807) is 13.4 Å². The van der Waals surface area contributed by atoms with E-state index in [2.05, 4.69) is 27.3 Å². The van der Waals surface area contributed by atoms with Crippen LogP contribution < -0.4 is 4.74 Å². The summed E-state index contributed by atoms with van der Waals surface area (Å²) in [6.45, 7) is 4.16. The fraction of sp³-hybridized carbons (Fsp3) is 0.412. The number of aromatic nitrogens is 5. The van der Waals surface area contributed by atoms with Crippen LogP contribution in [0.4, 0.5) is 0 Å². The van der Waals surface area contributed by atoms with E-state index in [1.165, 1.54) is 11.8 Å². The number of nitrogens with zero attached hydrogens (tertiary/aromatic N) is 5. The maximum Gasteiger partial charge on any atom is 0.239 e. The van der Waals surface area contributed by atoms with E-state index < -0.39 is 0 Å². The Hall–Kier alpha value is -2.35. The van der Waals surface area contributed by atoms with E-state index in [1.807, 2.05) is 35.8 Å². The van der Waals surface area contributed by atoms with Crippen LogP contribution in [-0.2, 0) is 6.42 Å². The predicted molar refractivity (Wildman–Crippen MR) is 95.1 cm³/mol. The molecule has 3 aromatic rings. The van der Waals surface area contributed by atoms with E-state index in [4.69, 9.17) is 9.26 Å². The van der Waals surface area contributed by atoms with Crippen molar-refractivity contribution < 1.29 is 9.26 Å². The molecule has 0 saturated carbocycles. The Morgan fingerprint density at radius 1 is 1.32 bits per heavy atom. The van der Waals surface area contributed by atoms with Crippen molar-refractivity contribution in [2.45, 2.75) is 43.5 Å². The third-order valence-corrected chi connectivity index (χ3v) is 4.77. The number of rotatable bonds is 8. The third kappa shape index (κ3) is 4.01. The molecule has 1 atom stereocenters. The van der Waals surface area contributed by atoms with E-state index in [0.29, 0.717) is 5.89 Å². The number of thioether (sulfide) groups is 1. The average Bonchev–Trinajstić information content (AvgIpc) is 3.29. The summed E-state index contributed by atoms with van der Waals surface area (Å²) in [5, 5.41) is 13.0. The zero-order valence-corrected chi connectivity index (χ0v) is 15.4. The molecule has 0 spiro atoms. The summed E-state index contributed by atoms with van der Waals surface area (Å²) < 4.78 is 12.7. The van der Waals surface area contributed by atoms with Crippen LogP contribution in [0.15, 0.2) is 40.3 Å². The summed E-state index contributed by atoms with van der Waals surface area (Å²) >= 11 is 1.52. The summed E-state index contributed by atoms with van der Waals surface area (Å²) in [5.74, 6) is 2.12. The molecule has 0 radical (unpaired) electrons. The van der Waals surface area contributed by atoms with Crippen molar-refractivity contribution in [1.29, 1.82) is 0 Å². The molecule has 0 fully saturated rings. The van der Waals surface area contributed by atoms with Crippen LogP contribution in [0.1, 0.15) is 43.7 Å². The molecular weight excluding hydrogens is 338 g/mol. The van der Waals surface area contributed by atoms with Gasteiger partial charge in [0.1, 0.15) is 12.1 Å². The number of aryl methyl sites for hydroxylation is 1. The quantitative estimate of drug-likeness (QED) is 0.565. The van der Waals surface area contributed by atoms with Gasteiger partial charge in [0.15, 0.2) is 11.0 Å². The second-order valence-corrected chi connectivity index (χ2v) is 6.88. The standard InChI is InChI=1S/C17H21N5O2S/c1-4-5-10-15-19-16(24-21-15)12(2)25-17-20-18-11-22(17)13-8-6-7-9-14(13)23-3/h6-9,11-12H,4-5,10H2,1-3H3. The van der Waals surface area contributed by atoms with Gasteiger partial charge < -0.3 is 9.26 Å². The molecule has 0 aliphatic heterocycles. The second-order valence-electron chi connectivity index (χ2n) is 5.57. The van der Waals surface area contributed by atoms with Crippen LogP contribution in [0.5, 0.6) is 5.75 Å². The molecular formula is C17H21N5O2S. The lowest BCUT2D eigenvalue weighted by Crippen LogP contribution is -2.00. The van der Waals surface area contributed by atoms with Gasteiger partial charge >= 0.3 is 0 Å². The third-order valence-electron chi connectivity index (χ3n) is 3.73. The van der Waals surface area contributed by atoms with Crippen LogP contribution >= 0.6 is 11.8 Å². The van der Waals surface area contributed by atoms with Crippen molar-refractivity contribution in [2.24, 2.45) is 0 Å². The fourth-order valence-electron chi connectivity index (χ4n) is 2.38. The highest BCUT2D eigenvalue weighted by atomic mass is 32.2. The molecule has 0 aliphatic rings. The lowest BCUT2D eigenvalue weighted by Gasteiger charge is -2.11. The maximum atomic E-state index is 5.43. The lowest BCUT2D eigenvalue weighted by atomic mass is 10.2. The first-order chi connectivity index (χ1) is 12.2. The van der Waals surface area contributed by atoms with Crippen molar-refractivity contribution in [2.75, 3.05) is 7.11 Å². The van der Waals surface area contributed by atoms with Gasteiger partial charge in [-0.05, 0) is 25.5 Å². The smallest absolute Gasteiger partial charge is 0.239 e. The Bertz CT molecular complexity index is 817. The molecule has 132 valence electrons. The number of ether oxygens (including phenoxy) is 1. The van der Waals surface area contributed by atoms with Crippen molar-refractivity contribution in [3.05, 3.63) is 42.3 Å². The first-order valence-corrected chi connectivity index (χ1v) is 9.13. The number of methoxy groups -OCH3 is 1. The second kappa shape index (κ2) is 8.15. The molecule has 0 N–H and O–H groups in total. The summed E-state index contributed by atoms with van der Waals surface area (Å²) in [7, 11) is 1.65. The summed E-state index contributed by atoms with van der Waals surface area (Å²) in [4.78, 5) is 4.48. The van der Waals surface area contributed by atoms with Gasteiger partial charge in [-0.3, -0.25) is 4.57 Å². The SMILES string of the molecule is CCCCc1noc(C(C)Sc2nncn2-c2ccccc2OC)n1. The van der Waals surface area contributed by atoms with E-state index in [-0.39, 0.29) is 5.25 Å². The maximum absolute atomic E-state index is 5.43. The monoisotopic (exact) mass is 359 g/mol. The zero-order valence-electron chi connectivity index (χ0n) is 14.5. The van der Waals surface area contributed by atoms with Crippen molar-refractivity contribution in [1.82, 2.24) is 24.9 Å². The molecule has 1 unspecified atom stereocenters. The van der Waals surface area contributed by atoms with Crippen LogP contribution in [0.3, 0.4) is 0 Å². The lowest BCUT2D eigenvalue weighted by molar-refractivity contribution is 0.374. The summed E-state index contributed by atoms with van der Waals surface area (Å²) in [6, 6.07) is 7.75. The first kappa shape index (κ1) is 17.5. The summed E-state index contributed by atoms with van der Waals surface area (Å²) in [6.07, 6.45) is 4.68. The number of hydrogen-bond acceptors (Lipinski definition) is 7. The molecule has 0 amide bonds.